The summed E-state index contributed by atoms with van der Waals surface area (Å²) in [7, 11) is 1.45. The predicted octanol–water partition coefficient (Wildman–Crippen LogP) is 1.39. The molecular weight excluding hydrogens is 244 g/mol. The van der Waals surface area contributed by atoms with Crippen LogP contribution >= 0.6 is 0 Å². The average molecular weight is 259 g/mol. The number of carbonyl (C=O) groups is 1. The first-order chi connectivity index (χ1) is 8.58. The van der Waals surface area contributed by atoms with Crippen LogP contribution in [0.3, 0.4) is 0 Å². The SMILES string of the molecule is COc1cccc(C(=O)N(CCO)CC(F)F)c1. The number of benzene rings is 1. The molecule has 0 aliphatic rings. The van der Waals surface area contributed by atoms with Crippen LogP contribution in [-0.4, -0.2) is 49.1 Å². The molecule has 0 saturated heterocycles. The molecule has 0 unspecified atom stereocenters. The topological polar surface area (TPSA) is 49.8 Å². The van der Waals surface area contributed by atoms with E-state index in [1.165, 1.54) is 19.2 Å². The van der Waals surface area contributed by atoms with Gasteiger partial charge >= 0.3 is 0 Å². The van der Waals surface area contributed by atoms with Gasteiger partial charge in [0.25, 0.3) is 12.3 Å². The van der Waals surface area contributed by atoms with E-state index in [0.717, 1.165) is 4.90 Å². The molecule has 0 spiro atoms. The molecule has 0 radical (unpaired) electrons. The summed E-state index contributed by atoms with van der Waals surface area (Å²) < 4.78 is 29.6. The van der Waals surface area contributed by atoms with Gasteiger partial charge < -0.3 is 14.7 Å². The Bertz CT molecular complexity index is 399. The van der Waals surface area contributed by atoms with Crippen molar-refractivity contribution < 1.29 is 23.4 Å². The second kappa shape index (κ2) is 6.90. The molecule has 0 aliphatic heterocycles. The molecular formula is C12H15F2NO3. The largest absolute Gasteiger partial charge is 0.497 e. The fourth-order valence-corrected chi connectivity index (χ4v) is 1.50. The van der Waals surface area contributed by atoms with Gasteiger partial charge in [0.1, 0.15) is 5.75 Å². The van der Waals surface area contributed by atoms with Crippen LogP contribution in [0, 0.1) is 0 Å². The van der Waals surface area contributed by atoms with Crippen molar-refractivity contribution in [3.8, 4) is 5.75 Å². The molecule has 0 saturated carbocycles. The van der Waals surface area contributed by atoms with Gasteiger partial charge in [0.05, 0.1) is 20.3 Å². The van der Waals surface area contributed by atoms with E-state index in [1.54, 1.807) is 12.1 Å². The Morgan fingerprint density at radius 2 is 2.22 bits per heavy atom. The van der Waals surface area contributed by atoms with Gasteiger partial charge in [0.2, 0.25) is 0 Å². The molecule has 0 aliphatic carbocycles. The number of methoxy groups -OCH3 is 1. The molecule has 0 atom stereocenters. The van der Waals surface area contributed by atoms with E-state index >= 15 is 0 Å². The number of alkyl halides is 2. The first-order valence-electron chi connectivity index (χ1n) is 5.40. The van der Waals surface area contributed by atoms with Gasteiger partial charge in [-0.05, 0) is 18.2 Å². The van der Waals surface area contributed by atoms with Crippen LogP contribution < -0.4 is 4.74 Å². The van der Waals surface area contributed by atoms with Crippen molar-refractivity contribution in [2.45, 2.75) is 6.43 Å². The van der Waals surface area contributed by atoms with Crippen molar-refractivity contribution in [2.24, 2.45) is 0 Å². The third kappa shape index (κ3) is 3.96. The summed E-state index contributed by atoms with van der Waals surface area (Å²) in [5.74, 6) is -0.0786. The third-order valence-electron chi connectivity index (χ3n) is 2.33. The highest BCUT2D eigenvalue weighted by molar-refractivity contribution is 5.94. The van der Waals surface area contributed by atoms with E-state index in [4.69, 9.17) is 9.84 Å². The predicted molar refractivity (Wildman–Crippen MR) is 62.0 cm³/mol. The number of aliphatic hydroxyl groups is 1. The number of carbonyl (C=O) groups excluding carboxylic acids is 1. The third-order valence-corrected chi connectivity index (χ3v) is 2.33. The Morgan fingerprint density at radius 1 is 1.50 bits per heavy atom. The fourth-order valence-electron chi connectivity index (χ4n) is 1.50. The summed E-state index contributed by atoms with van der Waals surface area (Å²) in [4.78, 5) is 12.9. The molecule has 6 heteroatoms. The zero-order valence-corrected chi connectivity index (χ0v) is 9.97. The highest BCUT2D eigenvalue weighted by Gasteiger charge is 2.19. The van der Waals surface area contributed by atoms with Crippen LogP contribution in [0.1, 0.15) is 10.4 Å². The molecule has 1 aromatic carbocycles. The molecule has 1 amide bonds. The Morgan fingerprint density at radius 3 is 2.78 bits per heavy atom. The summed E-state index contributed by atoms with van der Waals surface area (Å²) >= 11 is 0. The average Bonchev–Trinajstić information content (AvgIpc) is 2.37. The lowest BCUT2D eigenvalue weighted by Crippen LogP contribution is -2.37. The first kappa shape index (κ1) is 14.4. The van der Waals surface area contributed by atoms with Crippen LogP contribution in [0.2, 0.25) is 0 Å². The van der Waals surface area contributed by atoms with Crippen LogP contribution in [0.5, 0.6) is 5.75 Å². The maximum atomic E-state index is 12.3. The van der Waals surface area contributed by atoms with E-state index in [2.05, 4.69) is 0 Å². The Hall–Kier alpha value is -1.69. The number of hydrogen-bond acceptors (Lipinski definition) is 3. The van der Waals surface area contributed by atoms with Gasteiger partial charge in [0.15, 0.2) is 0 Å². The molecule has 0 fully saturated rings. The highest BCUT2D eigenvalue weighted by atomic mass is 19.3. The molecule has 1 rings (SSSR count). The number of amides is 1. The summed E-state index contributed by atoms with van der Waals surface area (Å²) in [5, 5.41) is 8.78. The molecule has 1 aromatic rings. The summed E-state index contributed by atoms with van der Waals surface area (Å²) in [6, 6.07) is 6.24. The molecule has 0 bridgehead atoms. The number of ether oxygens (including phenoxy) is 1. The van der Waals surface area contributed by atoms with E-state index in [-0.39, 0.29) is 18.7 Å². The maximum Gasteiger partial charge on any atom is 0.255 e. The molecule has 4 nitrogen and oxygen atoms in total. The van der Waals surface area contributed by atoms with E-state index in [9.17, 15) is 13.6 Å². The van der Waals surface area contributed by atoms with Gasteiger partial charge in [-0.25, -0.2) is 8.78 Å². The number of aliphatic hydroxyl groups excluding tert-OH is 1. The van der Waals surface area contributed by atoms with Gasteiger partial charge in [-0.2, -0.15) is 0 Å². The van der Waals surface area contributed by atoms with Crippen LogP contribution in [-0.2, 0) is 0 Å². The summed E-state index contributed by atoms with van der Waals surface area (Å²) in [5.41, 5.74) is 0.253. The van der Waals surface area contributed by atoms with Gasteiger partial charge in [0, 0.05) is 12.1 Å². The van der Waals surface area contributed by atoms with Gasteiger partial charge in [-0.1, -0.05) is 6.07 Å². The maximum absolute atomic E-state index is 12.3. The lowest BCUT2D eigenvalue weighted by molar-refractivity contribution is 0.0509. The fraction of sp³-hybridized carbons (Fsp3) is 0.417. The second-order valence-corrected chi connectivity index (χ2v) is 3.60. The van der Waals surface area contributed by atoms with E-state index in [0.29, 0.717) is 5.75 Å². The lowest BCUT2D eigenvalue weighted by Gasteiger charge is -2.21. The normalized spacial score (nSPS) is 10.5. The quantitative estimate of drug-likeness (QED) is 0.840. The van der Waals surface area contributed by atoms with Crippen molar-refractivity contribution in [3.63, 3.8) is 0 Å². The van der Waals surface area contributed by atoms with Crippen molar-refractivity contribution >= 4 is 5.91 Å². The van der Waals surface area contributed by atoms with Crippen molar-refractivity contribution in [2.75, 3.05) is 26.8 Å². The monoisotopic (exact) mass is 259 g/mol. The number of halogens is 2. The zero-order chi connectivity index (χ0) is 13.5. The van der Waals surface area contributed by atoms with Crippen LogP contribution in [0.4, 0.5) is 8.78 Å². The minimum atomic E-state index is -2.63. The van der Waals surface area contributed by atoms with Crippen molar-refractivity contribution in [1.82, 2.24) is 4.90 Å². The minimum absolute atomic E-state index is 0.125. The second-order valence-electron chi connectivity index (χ2n) is 3.60. The summed E-state index contributed by atoms with van der Waals surface area (Å²) in [6.07, 6.45) is -2.63. The number of nitrogens with zero attached hydrogens (tertiary/aromatic N) is 1. The zero-order valence-electron chi connectivity index (χ0n) is 9.97. The minimum Gasteiger partial charge on any atom is -0.497 e. The van der Waals surface area contributed by atoms with E-state index < -0.39 is 18.9 Å². The molecule has 1 N–H and O–H groups in total. The Kier molecular flexibility index (Phi) is 5.51. The number of hydrogen-bond donors (Lipinski definition) is 1. The lowest BCUT2D eigenvalue weighted by atomic mass is 10.2. The molecule has 100 valence electrons. The number of rotatable bonds is 6. The Labute approximate surface area is 104 Å². The molecule has 0 heterocycles. The van der Waals surface area contributed by atoms with Gasteiger partial charge in [-0.15, -0.1) is 0 Å². The highest BCUT2D eigenvalue weighted by Crippen LogP contribution is 2.15. The summed E-state index contributed by atoms with van der Waals surface area (Å²) in [6.45, 7) is -1.18. The first-order valence-corrected chi connectivity index (χ1v) is 5.40. The van der Waals surface area contributed by atoms with Crippen LogP contribution in [0.15, 0.2) is 24.3 Å². The standard InChI is InChI=1S/C12H15F2NO3/c1-18-10-4-2-3-9(7-10)12(17)15(5-6-16)8-11(13)14/h2-4,7,11,16H,5-6,8H2,1H3. The smallest absolute Gasteiger partial charge is 0.255 e. The van der Waals surface area contributed by atoms with E-state index in [1.807, 2.05) is 0 Å². The van der Waals surface area contributed by atoms with Gasteiger partial charge in [-0.3, -0.25) is 4.79 Å². The Balaban J connectivity index is 2.86. The van der Waals surface area contributed by atoms with Crippen molar-refractivity contribution in [3.05, 3.63) is 29.8 Å². The molecule has 0 aromatic heterocycles. The van der Waals surface area contributed by atoms with Crippen molar-refractivity contribution in [1.29, 1.82) is 0 Å². The molecule has 18 heavy (non-hydrogen) atoms. The van der Waals surface area contributed by atoms with Crippen LogP contribution in [0.25, 0.3) is 0 Å².